The second-order valence-electron chi connectivity index (χ2n) is 10.7. The van der Waals surface area contributed by atoms with Crippen molar-refractivity contribution in [2.75, 3.05) is 14.1 Å². The molecule has 36 heavy (non-hydrogen) atoms. The van der Waals surface area contributed by atoms with E-state index >= 15 is 0 Å². The van der Waals surface area contributed by atoms with Crippen molar-refractivity contribution in [1.29, 1.82) is 0 Å². The summed E-state index contributed by atoms with van der Waals surface area (Å²) >= 11 is 6.89. The molecule has 4 aliphatic rings. The van der Waals surface area contributed by atoms with Crippen LogP contribution in [0.25, 0.3) is 0 Å². The van der Waals surface area contributed by atoms with E-state index in [1.165, 1.54) is 39.4 Å². The Bertz CT molecular complexity index is 1200. The standard InChI is InChI=1S/C31H38ClN2.C2H6/c1-9-23-25(10-2)33(7)27(30(23,3)4)19-17-21-15-16-22(29(21)32)18-20-28-31(5,6)24-13-11-12-14-26(24)34(28)8;1-2/h9-10,13-14,17-20H,1-2,11-12,15-16H2,3-8H3;1-2H3/q+1;. The Morgan fingerprint density at radius 3 is 2.19 bits per heavy atom. The number of nitrogens with zero attached hydrogens (tertiary/aromatic N) is 2. The van der Waals surface area contributed by atoms with Gasteiger partial charge >= 0.3 is 0 Å². The molecule has 1 fully saturated rings. The third kappa shape index (κ3) is 4.61. The quantitative estimate of drug-likeness (QED) is 0.339. The molecule has 2 aliphatic carbocycles. The Kier molecular flexibility index (Phi) is 8.41. The van der Waals surface area contributed by atoms with Crippen LogP contribution >= 0.6 is 11.6 Å². The molecule has 0 aromatic heterocycles. The van der Waals surface area contributed by atoms with Crippen LogP contribution in [0, 0.1) is 10.8 Å². The summed E-state index contributed by atoms with van der Waals surface area (Å²) in [6, 6.07) is 0. The summed E-state index contributed by atoms with van der Waals surface area (Å²) in [5.41, 5.74) is 10.0. The van der Waals surface area contributed by atoms with Gasteiger partial charge in [-0.1, -0.05) is 82.8 Å². The second kappa shape index (κ2) is 10.8. The molecule has 0 unspecified atom stereocenters. The number of hydrogen-bond donors (Lipinski definition) is 0. The third-order valence-electron chi connectivity index (χ3n) is 7.99. The van der Waals surface area contributed by atoms with Gasteiger partial charge in [0.1, 0.15) is 7.05 Å². The predicted octanol–water partition coefficient (Wildman–Crippen LogP) is 8.99. The van der Waals surface area contributed by atoms with E-state index in [4.69, 9.17) is 11.6 Å². The SMILES string of the molecule is C=CC1=C(C=C)C(C)(C)C(/C=C/C2=C(Cl)C(=C/C=C3/N(C)C4=CCCC=C4C3(C)C)/CC2)=[N+]1C.CC. The van der Waals surface area contributed by atoms with Gasteiger partial charge in [0.05, 0.1) is 5.41 Å². The van der Waals surface area contributed by atoms with Crippen LogP contribution in [0.15, 0.2) is 106 Å². The molecule has 2 nitrogen and oxygen atoms in total. The van der Waals surface area contributed by atoms with Gasteiger partial charge in [0.15, 0.2) is 5.71 Å². The van der Waals surface area contributed by atoms with Gasteiger partial charge in [-0.15, -0.1) is 0 Å². The summed E-state index contributed by atoms with van der Waals surface area (Å²) in [5.74, 6) is 0. The summed E-state index contributed by atoms with van der Waals surface area (Å²) in [6.45, 7) is 21.2. The fourth-order valence-corrected chi connectivity index (χ4v) is 6.36. The monoisotopic (exact) mass is 503 g/mol. The number of fused-ring (bicyclic) bond motifs is 1. The molecule has 3 heteroatoms. The molecule has 0 radical (unpaired) electrons. The number of likely N-dealkylation sites (N-methyl/N-ethyl adjacent to an activating group) is 2. The minimum Gasteiger partial charge on any atom is -0.347 e. The summed E-state index contributed by atoms with van der Waals surface area (Å²) in [4.78, 5) is 2.35. The largest absolute Gasteiger partial charge is 0.347 e. The highest BCUT2D eigenvalue weighted by Crippen LogP contribution is 2.50. The highest BCUT2D eigenvalue weighted by atomic mass is 35.5. The van der Waals surface area contributed by atoms with Crippen molar-refractivity contribution in [2.24, 2.45) is 10.8 Å². The zero-order valence-corrected chi connectivity index (χ0v) is 24.4. The van der Waals surface area contributed by atoms with E-state index < -0.39 is 0 Å². The van der Waals surface area contributed by atoms with Gasteiger partial charge < -0.3 is 4.90 Å². The van der Waals surface area contributed by atoms with Gasteiger partial charge in [-0.3, -0.25) is 0 Å². The number of likely N-dealkylation sites (tertiary alicyclic amines) is 1. The highest BCUT2D eigenvalue weighted by Gasteiger charge is 2.43. The van der Waals surface area contributed by atoms with Gasteiger partial charge in [0.2, 0.25) is 5.70 Å². The molecule has 0 aromatic rings. The lowest BCUT2D eigenvalue weighted by Crippen LogP contribution is -2.24. The first-order valence-corrected chi connectivity index (χ1v) is 13.7. The summed E-state index contributed by atoms with van der Waals surface area (Å²) in [5, 5.41) is 0.891. The number of allylic oxidation sites excluding steroid dienone is 14. The van der Waals surface area contributed by atoms with E-state index in [0.717, 1.165) is 36.4 Å². The fourth-order valence-electron chi connectivity index (χ4n) is 6.04. The fraction of sp³-hybridized carbons (Fsp3) is 0.424. The summed E-state index contributed by atoms with van der Waals surface area (Å²) in [7, 11) is 4.28. The van der Waals surface area contributed by atoms with Crippen molar-refractivity contribution in [3.63, 3.8) is 0 Å². The maximum absolute atomic E-state index is 6.89. The second-order valence-corrected chi connectivity index (χ2v) is 11.0. The first-order chi connectivity index (χ1) is 17.1. The molecule has 0 amide bonds. The number of rotatable bonds is 5. The van der Waals surface area contributed by atoms with E-state index in [9.17, 15) is 0 Å². The molecule has 4 rings (SSSR count). The summed E-state index contributed by atoms with van der Waals surface area (Å²) in [6.07, 6.45) is 21.8. The molecule has 0 bridgehead atoms. The molecule has 192 valence electrons. The predicted molar refractivity (Wildman–Crippen MR) is 158 cm³/mol. The van der Waals surface area contributed by atoms with Crippen LogP contribution in [0.3, 0.4) is 0 Å². The average molecular weight is 504 g/mol. The van der Waals surface area contributed by atoms with Crippen LogP contribution in [0.5, 0.6) is 0 Å². The van der Waals surface area contributed by atoms with E-state index in [2.05, 4.69) is 101 Å². The minimum atomic E-state index is -0.121. The Labute approximate surface area is 224 Å². The Balaban J connectivity index is 0.00000176. The smallest absolute Gasteiger partial charge is 0.208 e. The zero-order valence-electron chi connectivity index (χ0n) is 23.6. The molecule has 2 aliphatic heterocycles. The van der Waals surface area contributed by atoms with Crippen molar-refractivity contribution >= 4 is 17.3 Å². The average Bonchev–Trinajstić information content (AvgIpc) is 3.37. The van der Waals surface area contributed by atoms with Crippen LogP contribution in [0.1, 0.15) is 67.2 Å². The number of halogens is 1. The molecular formula is C33H44ClN2+. The van der Waals surface area contributed by atoms with Gasteiger partial charge in [0, 0.05) is 46.6 Å². The van der Waals surface area contributed by atoms with E-state index in [-0.39, 0.29) is 10.8 Å². The lowest BCUT2D eigenvalue weighted by Gasteiger charge is -2.22. The first-order valence-electron chi connectivity index (χ1n) is 13.3. The molecular weight excluding hydrogens is 460 g/mol. The summed E-state index contributed by atoms with van der Waals surface area (Å²) < 4.78 is 2.21. The topological polar surface area (TPSA) is 6.25 Å². The van der Waals surface area contributed by atoms with E-state index in [0.29, 0.717) is 0 Å². The molecule has 0 saturated carbocycles. The van der Waals surface area contributed by atoms with Gasteiger partial charge in [-0.05, 0) is 62.3 Å². The lowest BCUT2D eigenvalue weighted by atomic mass is 9.80. The van der Waals surface area contributed by atoms with Gasteiger partial charge in [-0.2, -0.15) is 4.58 Å². The molecule has 2 heterocycles. The van der Waals surface area contributed by atoms with Gasteiger partial charge in [0.25, 0.3) is 0 Å². The maximum atomic E-state index is 6.89. The first kappa shape index (κ1) is 28.0. The lowest BCUT2D eigenvalue weighted by molar-refractivity contribution is -0.435. The molecule has 0 aromatic carbocycles. The molecule has 1 saturated heterocycles. The van der Waals surface area contributed by atoms with Crippen LogP contribution in [0.2, 0.25) is 0 Å². The third-order valence-corrected chi connectivity index (χ3v) is 8.47. The molecule has 0 atom stereocenters. The van der Waals surface area contributed by atoms with Crippen LogP contribution in [0.4, 0.5) is 0 Å². The molecule has 0 spiro atoms. The van der Waals surface area contributed by atoms with Crippen molar-refractivity contribution in [3.8, 4) is 0 Å². The Morgan fingerprint density at radius 1 is 0.944 bits per heavy atom. The molecule has 0 N–H and O–H groups in total. The minimum absolute atomic E-state index is 0.0175. The van der Waals surface area contributed by atoms with Crippen molar-refractivity contribution in [3.05, 3.63) is 106 Å². The Hall–Kier alpha value is -2.58. The number of hydrogen-bond acceptors (Lipinski definition) is 1. The van der Waals surface area contributed by atoms with Crippen molar-refractivity contribution in [1.82, 2.24) is 4.90 Å². The Morgan fingerprint density at radius 2 is 1.61 bits per heavy atom. The zero-order chi connectivity index (χ0) is 26.8. The maximum Gasteiger partial charge on any atom is 0.208 e. The van der Waals surface area contributed by atoms with Crippen molar-refractivity contribution < 1.29 is 4.58 Å². The van der Waals surface area contributed by atoms with Gasteiger partial charge in [-0.25, -0.2) is 0 Å². The van der Waals surface area contributed by atoms with Crippen LogP contribution in [-0.2, 0) is 0 Å². The van der Waals surface area contributed by atoms with Crippen LogP contribution < -0.4 is 0 Å². The van der Waals surface area contributed by atoms with E-state index in [1.54, 1.807) is 0 Å². The normalized spacial score (nSPS) is 25.0. The van der Waals surface area contributed by atoms with E-state index in [1.807, 2.05) is 26.0 Å². The van der Waals surface area contributed by atoms with Crippen LogP contribution in [-0.4, -0.2) is 29.3 Å². The van der Waals surface area contributed by atoms with Crippen molar-refractivity contribution in [2.45, 2.75) is 67.2 Å². The highest BCUT2D eigenvalue weighted by molar-refractivity contribution is 6.33.